The third-order valence-electron chi connectivity index (χ3n) is 4.00. The summed E-state index contributed by atoms with van der Waals surface area (Å²) in [7, 11) is -3.53. The maximum Gasteiger partial charge on any atom is 0.252 e. The first-order valence-corrected chi connectivity index (χ1v) is 10.4. The van der Waals surface area contributed by atoms with Gasteiger partial charge in [0.1, 0.15) is 5.82 Å². The first-order chi connectivity index (χ1) is 11.9. The second kappa shape index (κ2) is 7.28. The van der Waals surface area contributed by atoms with Gasteiger partial charge in [-0.1, -0.05) is 18.2 Å². The Bertz CT molecular complexity index is 918. The van der Waals surface area contributed by atoms with E-state index in [4.69, 9.17) is 0 Å². The van der Waals surface area contributed by atoms with E-state index in [0.29, 0.717) is 22.2 Å². The zero-order valence-corrected chi connectivity index (χ0v) is 16.2. The highest BCUT2D eigenvalue weighted by molar-refractivity contribution is 14.1. The van der Waals surface area contributed by atoms with Gasteiger partial charge in [-0.15, -0.1) is 0 Å². The summed E-state index contributed by atoms with van der Waals surface area (Å²) in [6.07, 6.45) is 0.684. The molecule has 5 nitrogen and oxygen atoms in total. The largest absolute Gasteiger partial charge is 0.351 e. The predicted octanol–water partition coefficient (Wildman–Crippen LogP) is 2.55. The van der Waals surface area contributed by atoms with E-state index in [1.807, 2.05) is 34.7 Å². The number of para-hydroxylation sites is 1. The minimum atomic E-state index is -3.53. The van der Waals surface area contributed by atoms with E-state index in [2.05, 4.69) is 5.32 Å². The van der Waals surface area contributed by atoms with E-state index in [1.165, 1.54) is 16.4 Å². The number of carbonyl (C=O) groups excluding carboxylic acids is 1. The quantitative estimate of drug-likeness (QED) is 0.678. The Morgan fingerprint density at radius 2 is 2.00 bits per heavy atom. The van der Waals surface area contributed by atoms with Crippen LogP contribution in [0.4, 0.5) is 10.1 Å². The van der Waals surface area contributed by atoms with E-state index in [0.717, 1.165) is 11.6 Å². The van der Waals surface area contributed by atoms with Gasteiger partial charge in [0.25, 0.3) is 5.91 Å². The molecule has 0 radical (unpaired) electrons. The number of rotatable bonds is 5. The number of hydrogen-bond acceptors (Lipinski definition) is 3. The van der Waals surface area contributed by atoms with Crippen molar-refractivity contribution in [3.8, 4) is 0 Å². The van der Waals surface area contributed by atoms with Crippen molar-refractivity contribution in [1.82, 2.24) is 5.32 Å². The van der Waals surface area contributed by atoms with Crippen LogP contribution >= 0.6 is 22.6 Å². The Labute approximate surface area is 159 Å². The number of fused-ring (bicyclic) bond motifs is 1. The summed E-state index contributed by atoms with van der Waals surface area (Å²) >= 11 is 1.94. The molecule has 0 unspecified atom stereocenters. The normalized spacial score (nSPS) is 13.6. The van der Waals surface area contributed by atoms with Crippen LogP contribution in [0, 0.1) is 9.39 Å². The molecule has 0 spiro atoms. The van der Waals surface area contributed by atoms with Crippen LogP contribution in [-0.4, -0.2) is 33.2 Å². The van der Waals surface area contributed by atoms with Gasteiger partial charge in [-0.3, -0.25) is 9.10 Å². The van der Waals surface area contributed by atoms with Gasteiger partial charge >= 0.3 is 0 Å². The molecule has 0 saturated heterocycles. The van der Waals surface area contributed by atoms with Crippen LogP contribution in [0.1, 0.15) is 15.9 Å². The monoisotopic (exact) mass is 474 g/mol. The average molecular weight is 474 g/mol. The Kier molecular flexibility index (Phi) is 5.28. The van der Waals surface area contributed by atoms with Crippen LogP contribution in [-0.2, 0) is 16.4 Å². The molecule has 2 aromatic carbocycles. The highest BCUT2D eigenvalue weighted by atomic mass is 127. The van der Waals surface area contributed by atoms with E-state index in [-0.39, 0.29) is 17.9 Å². The number of hydrogen-bond donors (Lipinski definition) is 1. The summed E-state index contributed by atoms with van der Waals surface area (Å²) in [5.74, 6) is -1.20. The molecule has 0 bridgehead atoms. The Balaban J connectivity index is 1.64. The molecule has 1 aliphatic heterocycles. The molecule has 0 saturated carbocycles. The number of amides is 1. The van der Waals surface area contributed by atoms with Gasteiger partial charge < -0.3 is 5.32 Å². The summed E-state index contributed by atoms with van der Waals surface area (Å²) in [5.41, 5.74) is 1.91. The van der Waals surface area contributed by atoms with Gasteiger partial charge in [-0.05, 0) is 58.8 Å². The maximum atomic E-state index is 13.3. The van der Waals surface area contributed by atoms with Gasteiger partial charge in [0.05, 0.1) is 17.0 Å². The van der Waals surface area contributed by atoms with Crippen molar-refractivity contribution in [2.45, 2.75) is 6.42 Å². The standard InChI is InChI=1S/C17H16FIN2O3S/c18-13-5-6-15(19)14(11-13)17(22)20-8-10-25(23,24)21-9-7-12-3-1-2-4-16(12)21/h1-6,11H,7-10H2,(H,20,22). The van der Waals surface area contributed by atoms with Crippen LogP contribution in [0.3, 0.4) is 0 Å². The first kappa shape index (κ1) is 18.1. The molecule has 1 heterocycles. The molecule has 0 atom stereocenters. The van der Waals surface area contributed by atoms with Gasteiger partial charge in [0.2, 0.25) is 10.0 Å². The number of anilines is 1. The molecule has 1 aliphatic rings. The highest BCUT2D eigenvalue weighted by Crippen LogP contribution is 2.29. The number of nitrogens with one attached hydrogen (secondary N) is 1. The van der Waals surface area contributed by atoms with E-state index >= 15 is 0 Å². The van der Waals surface area contributed by atoms with Crippen LogP contribution in [0.5, 0.6) is 0 Å². The molecule has 132 valence electrons. The fourth-order valence-corrected chi connectivity index (χ4v) is 4.78. The lowest BCUT2D eigenvalue weighted by molar-refractivity contribution is 0.0954. The lowest BCUT2D eigenvalue weighted by Crippen LogP contribution is -2.37. The van der Waals surface area contributed by atoms with Gasteiger partial charge in [-0.2, -0.15) is 0 Å². The maximum absolute atomic E-state index is 13.3. The summed E-state index contributed by atoms with van der Waals surface area (Å²) in [6, 6.07) is 11.3. The molecular weight excluding hydrogens is 458 g/mol. The molecule has 1 N–H and O–H groups in total. The van der Waals surface area contributed by atoms with Crippen LogP contribution < -0.4 is 9.62 Å². The van der Waals surface area contributed by atoms with E-state index in [9.17, 15) is 17.6 Å². The molecule has 0 aliphatic carbocycles. The summed E-state index contributed by atoms with van der Waals surface area (Å²) in [6.45, 7) is 0.379. The summed E-state index contributed by atoms with van der Waals surface area (Å²) in [5, 5.41) is 2.55. The molecular formula is C17H16FIN2O3S. The molecule has 25 heavy (non-hydrogen) atoms. The molecule has 1 amide bonds. The molecule has 0 fully saturated rings. The van der Waals surface area contributed by atoms with Crippen molar-refractivity contribution in [1.29, 1.82) is 0 Å². The number of nitrogens with zero attached hydrogens (tertiary/aromatic N) is 1. The number of carbonyl (C=O) groups is 1. The van der Waals surface area contributed by atoms with Crippen molar-refractivity contribution in [2.75, 3.05) is 23.1 Å². The van der Waals surface area contributed by atoms with Crippen LogP contribution in [0.25, 0.3) is 0 Å². The average Bonchev–Trinajstić information content (AvgIpc) is 3.01. The minimum absolute atomic E-state index is 0.0353. The lowest BCUT2D eigenvalue weighted by Gasteiger charge is -2.19. The number of benzene rings is 2. The minimum Gasteiger partial charge on any atom is -0.351 e. The second-order valence-corrected chi connectivity index (χ2v) is 8.82. The van der Waals surface area contributed by atoms with Gasteiger partial charge in [0.15, 0.2) is 0 Å². The van der Waals surface area contributed by atoms with Gasteiger partial charge in [-0.25, -0.2) is 12.8 Å². The van der Waals surface area contributed by atoms with Gasteiger partial charge in [0, 0.05) is 16.7 Å². The third-order valence-corrected chi connectivity index (χ3v) is 6.71. The molecule has 0 aromatic heterocycles. The smallest absolute Gasteiger partial charge is 0.252 e. The van der Waals surface area contributed by atoms with Crippen molar-refractivity contribution in [2.24, 2.45) is 0 Å². The number of sulfonamides is 1. The fourth-order valence-electron chi connectivity index (χ4n) is 2.77. The molecule has 3 rings (SSSR count). The van der Waals surface area contributed by atoms with Crippen molar-refractivity contribution in [3.05, 3.63) is 63.0 Å². The SMILES string of the molecule is O=C(NCCS(=O)(=O)N1CCc2ccccc21)c1cc(F)ccc1I. The second-order valence-electron chi connectivity index (χ2n) is 5.65. The van der Waals surface area contributed by atoms with Crippen molar-refractivity contribution in [3.63, 3.8) is 0 Å². The first-order valence-electron chi connectivity index (χ1n) is 7.70. The highest BCUT2D eigenvalue weighted by Gasteiger charge is 2.28. The van der Waals surface area contributed by atoms with E-state index < -0.39 is 21.7 Å². The Morgan fingerprint density at radius 1 is 1.24 bits per heavy atom. The summed E-state index contributed by atoms with van der Waals surface area (Å²) in [4.78, 5) is 12.1. The number of halogens is 2. The van der Waals surface area contributed by atoms with Crippen LogP contribution in [0.2, 0.25) is 0 Å². The lowest BCUT2D eigenvalue weighted by atomic mass is 10.2. The third kappa shape index (κ3) is 3.95. The Hall–Kier alpha value is -1.68. The topological polar surface area (TPSA) is 66.5 Å². The zero-order valence-electron chi connectivity index (χ0n) is 13.2. The van der Waals surface area contributed by atoms with E-state index in [1.54, 1.807) is 12.1 Å². The molecule has 8 heteroatoms. The van der Waals surface area contributed by atoms with Crippen molar-refractivity contribution >= 4 is 44.2 Å². The van der Waals surface area contributed by atoms with Crippen molar-refractivity contribution < 1.29 is 17.6 Å². The predicted molar refractivity (Wildman–Crippen MR) is 103 cm³/mol. The molecule has 2 aromatic rings. The zero-order chi connectivity index (χ0) is 18.0. The van der Waals surface area contributed by atoms with Crippen LogP contribution in [0.15, 0.2) is 42.5 Å². The fraction of sp³-hybridized carbons (Fsp3) is 0.235. The Morgan fingerprint density at radius 3 is 2.80 bits per heavy atom. The summed E-state index contributed by atoms with van der Waals surface area (Å²) < 4.78 is 40.4.